The highest BCUT2D eigenvalue weighted by Gasteiger charge is 2.46. The number of carbonyl (C=O) groups excluding carboxylic acids is 2. The Morgan fingerprint density at radius 1 is 0.944 bits per heavy atom. The van der Waals surface area contributed by atoms with Crippen LogP contribution in [0.15, 0.2) is 54.6 Å². The van der Waals surface area contributed by atoms with Gasteiger partial charge in [-0.15, -0.1) is 0 Å². The maximum Gasteiger partial charge on any atom is 0.324 e. The normalized spacial score (nSPS) is 17.9. The quantitative estimate of drug-likeness (QED) is 0.589. The van der Waals surface area contributed by atoms with Crippen molar-refractivity contribution in [2.75, 3.05) is 29.9 Å². The summed E-state index contributed by atoms with van der Waals surface area (Å²) in [4.78, 5) is 44.1. The van der Waals surface area contributed by atoms with Gasteiger partial charge in [0.05, 0.1) is 5.41 Å². The highest BCUT2D eigenvalue weighted by molar-refractivity contribution is 5.97. The molecular formula is C28H34FN3O4. The van der Waals surface area contributed by atoms with Crippen LogP contribution in [0, 0.1) is 11.2 Å². The zero-order chi connectivity index (χ0) is 25.7. The summed E-state index contributed by atoms with van der Waals surface area (Å²) in [5, 5.41) is 10.2. The van der Waals surface area contributed by atoms with Crippen LogP contribution >= 0.6 is 0 Å². The van der Waals surface area contributed by atoms with Gasteiger partial charge in [-0.1, -0.05) is 37.5 Å². The lowest BCUT2D eigenvalue weighted by Gasteiger charge is -2.41. The van der Waals surface area contributed by atoms with Gasteiger partial charge in [-0.05, 0) is 62.1 Å². The molecule has 2 aliphatic rings. The number of rotatable bonds is 6. The standard InChI is InChI=1S/C28H34FN3O4/c1-30(22-14-12-21(29)13-15-22)27(36)31-18-16-28(17-19-31,26(34)35)20-25(33)32(23-8-4-2-5-9-23)24-10-6-3-7-11-24/h2,4-5,8-9,12-15,24H,3,6-7,10-11,16-20H2,1H3,(H,34,35). The average molecular weight is 496 g/mol. The van der Waals surface area contributed by atoms with E-state index in [9.17, 15) is 23.9 Å². The SMILES string of the molecule is CN(C(=O)N1CCC(CC(=O)N(c2ccccc2)C2CCCCC2)(C(=O)O)CC1)c1ccc(F)cc1. The molecule has 8 heteroatoms. The van der Waals surface area contributed by atoms with Crippen molar-refractivity contribution in [3.8, 4) is 0 Å². The van der Waals surface area contributed by atoms with Gasteiger partial charge in [-0.3, -0.25) is 14.5 Å². The summed E-state index contributed by atoms with van der Waals surface area (Å²) in [7, 11) is 1.61. The molecule has 1 saturated carbocycles. The maximum atomic E-state index is 13.7. The molecule has 3 amide bonds. The fraction of sp³-hybridized carbons (Fsp3) is 0.464. The lowest BCUT2D eigenvalue weighted by Crippen LogP contribution is -2.52. The minimum Gasteiger partial charge on any atom is -0.481 e. The smallest absolute Gasteiger partial charge is 0.324 e. The van der Waals surface area contributed by atoms with E-state index in [2.05, 4.69) is 0 Å². The molecule has 0 aromatic heterocycles. The number of urea groups is 1. The summed E-state index contributed by atoms with van der Waals surface area (Å²) in [5.74, 6) is -1.54. The predicted molar refractivity (Wildman–Crippen MR) is 136 cm³/mol. The van der Waals surface area contributed by atoms with Crippen molar-refractivity contribution in [1.82, 2.24) is 4.90 Å². The highest BCUT2D eigenvalue weighted by Crippen LogP contribution is 2.38. The predicted octanol–water partition coefficient (Wildman–Crippen LogP) is 5.30. The topological polar surface area (TPSA) is 81.2 Å². The first kappa shape index (κ1) is 25.7. The Labute approximate surface area is 211 Å². The minimum atomic E-state index is -1.22. The molecule has 1 aliphatic carbocycles. The lowest BCUT2D eigenvalue weighted by molar-refractivity contribution is -0.154. The molecule has 0 radical (unpaired) electrons. The van der Waals surface area contributed by atoms with Gasteiger partial charge in [0, 0.05) is 44.0 Å². The second-order valence-electron chi connectivity index (χ2n) is 9.96. The van der Waals surface area contributed by atoms with Gasteiger partial charge in [-0.2, -0.15) is 0 Å². The number of hydrogen-bond acceptors (Lipinski definition) is 3. The van der Waals surface area contributed by atoms with Crippen LogP contribution in [-0.2, 0) is 9.59 Å². The Balaban J connectivity index is 1.47. The number of halogens is 1. The molecule has 0 bridgehead atoms. The summed E-state index contributed by atoms with van der Waals surface area (Å²) < 4.78 is 13.3. The number of piperidine rings is 1. The molecule has 7 nitrogen and oxygen atoms in total. The van der Waals surface area contributed by atoms with Crippen LogP contribution in [0.5, 0.6) is 0 Å². The molecule has 0 spiro atoms. The number of likely N-dealkylation sites (tertiary alicyclic amines) is 1. The van der Waals surface area contributed by atoms with Crippen LogP contribution in [-0.4, -0.2) is 54.1 Å². The van der Waals surface area contributed by atoms with Crippen LogP contribution in [0.25, 0.3) is 0 Å². The van der Waals surface area contributed by atoms with E-state index in [1.807, 2.05) is 35.2 Å². The largest absolute Gasteiger partial charge is 0.481 e. The first-order valence-corrected chi connectivity index (χ1v) is 12.7. The van der Waals surface area contributed by atoms with E-state index >= 15 is 0 Å². The van der Waals surface area contributed by atoms with Crippen molar-refractivity contribution in [3.05, 3.63) is 60.4 Å². The van der Waals surface area contributed by atoms with E-state index in [1.54, 1.807) is 11.9 Å². The number of amides is 3. The fourth-order valence-corrected chi connectivity index (χ4v) is 5.44. The van der Waals surface area contributed by atoms with E-state index < -0.39 is 11.4 Å². The molecule has 4 rings (SSSR count). The number of nitrogens with zero attached hydrogens (tertiary/aromatic N) is 3. The van der Waals surface area contributed by atoms with Crippen molar-refractivity contribution >= 4 is 29.3 Å². The molecule has 2 aromatic carbocycles. The van der Waals surface area contributed by atoms with E-state index in [0.717, 1.165) is 37.8 Å². The Morgan fingerprint density at radius 2 is 1.56 bits per heavy atom. The fourth-order valence-electron chi connectivity index (χ4n) is 5.44. The molecule has 1 heterocycles. The summed E-state index contributed by atoms with van der Waals surface area (Å²) in [6.07, 6.45) is 5.41. The highest BCUT2D eigenvalue weighted by atomic mass is 19.1. The Hall–Kier alpha value is -3.42. The third-order valence-corrected chi connectivity index (χ3v) is 7.68. The average Bonchev–Trinajstić information content (AvgIpc) is 2.90. The molecule has 0 unspecified atom stereocenters. The van der Waals surface area contributed by atoms with E-state index in [0.29, 0.717) is 5.69 Å². The van der Waals surface area contributed by atoms with Gasteiger partial charge in [0.25, 0.3) is 0 Å². The number of benzene rings is 2. The van der Waals surface area contributed by atoms with Gasteiger partial charge in [-0.25, -0.2) is 9.18 Å². The molecule has 0 atom stereocenters. The third-order valence-electron chi connectivity index (χ3n) is 7.68. The number of carboxylic acids is 1. The zero-order valence-electron chi connectivity index (χ0n) is 20.7. The van der Waals surface area contributed by atoms with Gasteiger partial charge >= 0.3 is 12.0 Å². The van der Waals surface area contributed by atoms with Gasteiger partial charge in [0.1, 0.15) is 5.82 Å². The Morgan fingerprint density at radius 3 is 2.14 bits per heavy atom. The first-order valence-electron chi connectivity index (χ1n) is 12.7. The summed E-state index contributed by atoms with van der Waals surface area (Å²) in [5.41, 5.74) is 0.144. The molecular weight excluding hydrogens is 461 g/mol. The van der Waals surface area contributed by atoms with Crippen molar-refractivity contribution < 1.29 is 23.9 Å². The second kappa shape index (κ2) is 11.1. The Kier molecular flexibility index (Phi) is 7.91. The number of anilines is 2. The van der Waals surface area contributed by atoms with Crippen LogP contribution < -0.4 is 9.80 Å². The summed E-state index contributed by atoms with van der Waals surface area (Å²) in [6, 6.07) is 15.0. The van der Waals surface area contributed by atoms with Crippen molar-refractivity contribution in [1.29, 1.82) is 0 Å². The lowest BCUT2D eigenvalue weighted by atomic mass is 9.75. The number of para-hydroxylation sites is 1. The van der Waals surface area contributed by atoms with Crippen molar-refractivity contribution in [3.63, 3.8) is 0 Å². The van der Waals surface area contributed by atoms with E-state index in [4.69, 9.17) is 0 Å². The van der Waals surface area contributed by atoms with E-state index in [-0.39, 0.29) is 56.1 Å². The molecule has 2 aromatic rings. The van der Waals surface area contributed by atoms with Crippen molar-refractivity contribution in [2.24, 2.45) is 5.41 Å². The van der Waals surface area contributed by atoms with Gasteiger partial charge < -0.3 is 14.9 Å². The number of carboxylic acid groups (broad SMARTS) is 1. The molecule has 192 valence electrons. The molecule has 36 heavy (non-hydrogen) atoms. The van der Waals surface area contributed by atoms with Crippen LogP contribution in [0.2, 0.25) is 0 Å². The number of aliphatic carboxylic acids is 1. The summed E-state index contributed by atoms with van der Waals surface area (Å²) >= 11 is 0. The number of carbonyl (C=O) groups is 3. The molecule has 2 fully saturated rings. The summed E-state index contributed by atoms with van der Waals surface area (Å²) in [6.45, 7) is 0.470. The van der Waals surface area contributed by atoms with Crippen LogP contribution in [0.4, 0.5) is 20.6 Å². The molecule has 1 N–H and O–H groups in total. The van der Waals surface area contributed by atoms with E-state index in [1.165, 1.54) is 29.2 Å². The first-order chi connectivity index (χ1) is 17.3. The van der Waals surface area contributed by atoms with Crippen LogP contribution in [0.1, 0.15) is 51.4 Å². The van der Waals surface area contributed by atoms with Crippen LogP contribution in [0.3, 0.4) is 0 Å². The monoisotopic (exact) mass is 495 g/mol. The van der Waals surface area contributed by atoms with Crippen molar-refractivity contribution in [2.45, 2.75) is 57.4 Å². The zero-order valence-corrected chi connectivity index (χ0v) is 20.7. The molecule has 1 aliphatic heterocycles. The third kappa shape index (κ3) is 5.53. The molecule has 1 saturated heterocycles. The van der Waals surface area contributed by atoms with Gasteiger partial charge in [0.15, 0.2) is 0 Å². The minimum absolute atomic E-state index is 0.0746. The maximum absolute atomic E-state index is 13.7. The van der Waals surface area contributed by atoms with Gasteiger partial charge in [0.2, 0.25) is 5.91 Å². The Bertz CT molecular complexity index is 1060. The second-order valence-corrected chi connectivity index (χ2v) is 9.96. The number of hydrogen-bond donors (Lipinski definition) is 1.